The summed E-state index contributed by atoms with van der Waals surface area (Å²) in [5.74, 6) is 0.372. The lowest BCUT2D eigenvalue weighted by atomic mass is 10.1. The van der Waals surface area contributed by atoms with Gasteiger partial charge < -0.3 is 19.7 Å². The van der Waals surface area contributed by atoms with E-state index in [-0.39, 0.29) is 11.8 Å². The Kier molecular flexibility index (Phi) is 5.11. The van der Waals surface area contributed by atoms with Gasteiger partial charge in [0.25, 0.3) is 11.8 Å². The summed E-state index contributed by atoms with van der Waals surface area (Å²) in [6.45, 7) is 6.01. The standard InChI is InChI=1S/C23H23N3O4S/c1-13-11-14(2)24-22-18(13)19(20(31-22)23(28)26-7-9-29-10-8-26)25-21(27)17-12-15-5-3-4-6-16(15)30-17/h3-6,11,17H,7-10,12H2,1-2H3,(H,25,27). The molecule has 5 rings (SSSR count). The van der Waals surface area contributed by atoms with E-state index in [1.165, 1.54) is 11.3 Å². The highest BCUT2D eigenvalue weighted by Crippen LogP contribution is 2.39. The van der Waals surface area contributed by atoms with Crippen LogP contribution in [0.4, 0.5) is 5.69 Å². The zero-order valence-corrected chi connectivity index (χ0v) is 18.3. The number of ether oxygens (including phenoxy) is 2. The summed E-state index contributed by atoms with van der Waals surface area (Å²) in [6, 6.07) is 9.63. The second-order valence-electron chi connectivity index (χ2n) is 7.88. The number of nitrogens with zero attached hydrogens (tertiary/aromatic N) is 2. The molecule has 0 spiro atoms. The molecule has 0 radical (unpaired) electrons. The quantitative estimate of drug-likeness (QED) is 0.680. The van der Waals surface area contributed by atoms with Crippen molar-refractivity contribution in [1.29, 1.82) is 0 Å². The molecule has 3 aromatic rings. The maximum Gasteiger partial charge on any atom is 0.266 e. The van der Waals surface area contributed by atoms with E-state index >= 15 is 0 Å². The number of morpholine rings is 1. The third-order valence-electron chi connectivity index (χ3n) is 5.67. The Morgan fingerprint density at radius 1 is 1.19 bits per heavy atom. The number of anilines is 1. The van der Waals surface area contributed by atoms with Crippen LogP contribution < -0.4 is 10.1 Å². The molecule has 7 nitrogen and oxygen atoms in total. The number of rotatable bonds is 3. The van der Waals surface area contributed by atoms with Crippen molar-refractivity contribution in [2.45, 2.75) is 26.4 Å². The van der Waals surface area contributed by atoms with Crippen molar-refractivity contribution in [2.24, 2.45) is 0 Å². The Bertz CT molecular complexity index is 1160. The highest BCUT2D eigenvalue weighted by Gasteiger charge is 2.32. The van der Waals surface area contributed by atoms with Gasteiger partial charge in [0.2, 0.25) is 0 Å². The fourth-order valence-electron chi connectivity index (χ4n) is 4.15. The van der Waals surface area contributed by atoms with E-state index in [1.54, 1.807) is 4.90 Å². The van der Waals surface area contributed by atoms with Gasteiger partial charge in [-0.25, -0.2) is 4.98 Å². The summed E-state index contributed by atoms with van der Waals surface area (Å²) in [5, 5.41) is 3.83. The normalized spacial score (nSPS) is 18.0. The highest BCUT2D eigenvalue weighted by atomic mass is 32.1. The zero-order valence-electron chi connectivity index (χ0n) is 17.4. The van der Waals surface area contributed by atoms with Crippen LogP contribution in [0.25, 0.3) is 10.2 Å². The Labute approximate surface area is 184 Å². The van der Waals surface area contributed by atoms with Gasteiger partial charge in [-0.15, -0.1) is 11.3 Å². The Balaban J connectivity index is 1.50. The van der Waals surface area contributed by atoms with Crippen LogP contribution in [-0.2, 0) is 16.0 Å². The van der Waals surface area contributed by atoms with Gasteiger partial charge in [0.1, 0.15) is 15.5 Å². The van der Waals surface area contributed by atoms with E-state index in [9.17, 15) is 9.59 Å². The van der Waals surface area contributed by atoms with Crippen molar-refractivity contribution in [1.82, 2.24) is 9.88 Å². The summed E-state index contributed by atoms with van der Waals surface area (Å²) < 4.78 is 11.2. The SMILES string of the molecule is Cc1cc(C)c2c(NC(=O)C3Cc4ccccc4O3)c(C(=O)N3CCOCC3)sc2n1. The van der Waals surface area contributed by atoms with E-state index in [0.717, 1.165) is 32.8 Å². The molecule has 31 heavy (non-hydrogen) atoms. The van der Waals surface area contributed by atoms with Crippen molar-refractivity contribution < 1.29 is 19.1 Å². The maximum absolute atomic E-state index is 13.3. The van der Waals surface area contributed by atoms with Gasteiger partial charge in [-0.3, -0.25) is 9.59 Å². The largest absolute Gasteiger partial charge is 0.480 e. The molecule has 1 aromatic carbocycles. The number of pyridine rings is 1. The molecule has 1 unspecified atom stereocenters. The minimum Gasteiger partial charge on any atom is -0.480 e. The number of aryl methyl sites for hydroxylation is 2. The summed E-state index contributed by atoms with van der Waals surface area (Å²) >= 11 is 1.33. The lowest BCUT2D eigenvalue weighted by molar-refractivity contribution is -0.122. The van der Waals surface area contributed by atoms with E-state index in [4.69, 9.17) is 9.47 Å². The number of aromatic nitrogens is 1. The Hall–Kier alpha value is -2.97. The fourth-order valence-corrected chi connectivity index (χ4v) is 5.37. The van der Waals surface area contributed by atoms with Crippen molar-refractivity contribution in [3.05, 3.63) is 52.0 Å². The number of carbonyl (C=O) groups is 2. The van der Waals surface area contributed by atoms with Crippen molar-refractivity contribution in [3.63, 3.8) is 0 Å². The number of fused-ring (bicyclic) bond motifs is 2. The average molecular weight is 438 g/mol. The third-order valence-corrected chi connectivity index (χ3v) is 6.74. The molecule has 160 valence electrons. The number of benzene rings is 1. The molecule has 1 N–H and O–H groups in total. The van der Waals surface area contributed by atoms with Crippen LogP contribution in [0, 0.1) is 13.8 Å². The second-order valence-corrected chi connectivity index (χ2v) is 8.88. The third kappa shape index (κ3) is 3.66. The lowest BCUT2D eigenvalue weighted by Gasteiger charge is -2.26. The van der Waals surface area contributed by atoms with E-state index < -0.39 is 6.10 Å². The van der Waals surface area contributed by atoms with Crippen LogP contribution in [0.5, 0.6) is 5.75 Å². The molecule has 2 aliphatic heterocycles. The topological polar surface area (TPSA) is 80.8 Å². The monoisotopic (exact) mass is 437 g/mol. The van der Waals surface area contributed by atoms with Crippen LogP contribution in [0.3, 0.4) is 0 Å². The van der Waals surface area contributed by atoms with Crippen molar-refractivity contribution in [2.75, 3.05) is 31.6 Å². The van der Waals surface area contributed by atoms with E-state index in [0.29, 0.717) is 43.3 Å². The molecule has 8 heteroatoms. The highest BCUT2D eigenvalue weighted by molar-refractivity contribution is 7.21. The average Bonchev–Trinajstić information content (AvgIpc) is 3.35. The number of nitrogens with one attached hydrogen (secondary N) is 1. The van der Waals surface area contributed by atoms with Crippen molar-refractivity contribution >= 4 is 39.1 Å². The van der Waals surface area contributed by atoms with Crippen LogP contribution in [-0.4, -0.2) is 54.1 Å². The van der Waals surface area contributed by atoms with Gasteiger partial charge in [-0.1, -0.05) is 18.2 Å². The molecule has 0 bridgehead atoms. The first-order valence-corrected chi connectivity index (χ1v) is 11.2. The van der Waals surface area contributed by atoms with E-state index in [1.807, 2.05) is 44.2 Å². The first-order valence-electron chi connectivity index (χ1n) is 10.3. The number of hydrogen-bond donors (Lipinski definition) is 1. The zero-order chi connectivity index (χ0) is 21.5. The van der Waals surface area contributed by atoms with Crippen molar-refractivity contribution in [3.8, 4) is 5.75 Å². The molecule has 0 aliphatic carbocycles. The maximum atomic E-state index is 13.3. The molecule has 2 aromatic heterocycles. The second kappa shape index (κ2) is 7.94. The predicted molar refractivity (Wildman–Crippen MR) is 119 cm³/mol. The minimum atomic E-state index is -0.627. The fraction of sp³-hybridized carbons (Fsp3) is 0.348. The lowest BCUT2D eigenvalue weighted by Crippen LogP contribution is -2.40. The summed E-state index contributed by atoms with van der Waals surface area (Å²) in [7, 11) is 0. The number of para-hydroxylation sites is 1. The summed E-state index contributed by atoms with van der Waals surface area (Å²) in [5.41, 5.74) is 3.40. The van der Waals surface area contributed by atoms with Gasteiger partial charge in [-0.2, -0.15) is 0 Å². The number of amides is 2. The molecular weight excluding hydrogens is 414 g/mol. The minimum absolute atomic E-state index is 0.103. The Morgan fingerprint density at radius 3 is 2.74 bits per heavy atom. The van der Waals surface area contributed by atoms with Gasteiger partial charge >= 0.3 is 0 Å². The van der Waals surface area contributed by atoms with E-state index in [2.05, 4.69) is 10.3 Å². The van der Waals surface area contributed by atoms with Crippen LogP contribution >= 0.6 is 11.3 Å². The molecule has 2 aliphatic rings. The molecular formula is C23H23N3O4S. The molecule has 4 heterocycles. The summed E-state index contributed by atoms with van der Waals surface area (Å²) in [6.07, 6.45) is -0.120. The molecule has 1 atom stereocenters. The van der Waals surface area contributed by atoms with Gasteiger partial charge in [-0.05, 0) is 37.1 Å². The first-order chi connectivity index (χ1) is 15.0. The van der Waals surface area contributed by atoms with Crippen LogP contribution in [0.15, 0.2) is 30.3 Å². The van der Waals surface area contributed by atoms with Gasteiger partial charge in [0.15, 0.2) is 6.10 Å². The predicted octanol–water partition coefficient (Wildman–Crippen LogP) is 3.33. The molecule has 1 fully saturated rings. The molecule has 2 amide bonds. The smallest absolute Gasteiger partial charge is 0.266 e. The molecule has 0 saturated carbocycles. The number of carbonyl (C=O) groups excluding carboxylic acids is 2. The van der Waals surface area contributed by atoms with Crippen LogP contribution in [0.1, 0.15) is 26.5 Å². The van der Waals surface area contributed by atoms with Crippen LogP contribution in [0.2, 0.25) is 0 Å². The van der Waals surface area contributed by atoms with Gasteiger partial charge in [0, 0.05) is 30.6 Å². The Morgan fingerprint density at radius 2 is 1.97 bits per heavy atom. The number of thiophene rings is 1. The molecule has 1 saturated heterocycles. The number of hydrogen-bond acceptors (Lipinski definition) is 6. The first kappa shape index (κ1) is 20.0. The summed E-state index contributed by atoms with van der Waals surface area (Å²) in [4.78, 5) is 34.1. The van der Waals surface area contributed by atoms with Gasteiger partial charge in [0.05, 0.1) is 18.9 Å².